The second-order valence-corrected chi connectivity index (χ2v) is 4.33. The zero-order chi connectivity index (χ0) is 12.8. The van der Waals surface area contributed by atoms with Gasteiger partial charge in [-0.15, -0.1) is 10.2 Å². The maximum absolute atomic E-state index is 5.65. The maximum atomic E-state index is 5.65. The Labute approximate surface area is 112 Å². The number of aromatic nitrogens is 2. The van der Waals surface area contributed by atoms with Crippen molar-refractivity contribution >= 4 is 11.6 Å². The highest BCUT2D eigenvalue weighted by molar-refractivity contribution is 6.29. The van der Waals surface area contributed by atoms with Crippen molar-refractivity contribution in [3.8, 4) is 11.8 Å². The molecule has 2 nitrogen and oxygen atoms in total. The topological polar surface area (TPSA) is 25.8 Å². The van der Waals surface area contributed by atoms with Crippen LogP contribution >= 0.6 is 11.6 Å². The van der Waals surface area contributed by atoms with Gasteiger partial charge in [0.25, 0.3) is 0 Å². The van der Waals surface area contributed by atoms with E-state index in [-0.39, 0.29) is 0 Å². The lowest BCUT2D eigenvalue weighted by Gasteiger charge is -1.97. The van der Waals surface area contributed by atoms with Crippen LogP contribution in [0.25, 0.3) is 0 Å². The number of hydrogen-bond acceptors (Lipinski definition) is 2. The lowest BCUT2D eigenvalue weighted by molar-refractivity contribution is 0.922. The molecule has 90 valence electrons. The molecule has 0 amide bonds. The standard InChI is InChI=1S/C15H13ClN2/c1-2-3-12-4-6-13(7-5-12)8-9-14-10-11-15(16)18-17-14/h4-7,10-11H,2-3H2,1H3. The van der Waals surface area contributed by atoms with Gasteiger partial charge in [-0.25, -0.2) is 0 Å². The van der Waals surface area contributed by atoms with Crippen molar-refractivity contribution < 1.29 is 0 Å². The van der Waals surface area contributed by atoms with Gasteiger partial charge in [0.1, 0.15) is 5.69 Å². The van der Waals surface area contributed by atoms with Crippen LogP contribution in [0.5, 0.6) is 0 Å². The van der Waals surface area contributed by atoms with E-state index in [1.54, 1.807) is 12.1 Å². The zero-order valence-electron chi connectivity index (χ0n) is 10.2. The van der Waals surface area contributed by atoms with Crippen LogP contribution in [-0.2, 0) is 6.42 Å². The van der Waals surface area contributed by atoms with Crippen LogP contribution in [-0.4, -0.2) is 10.2 Å². The quantitative estimate of drug-likeness (QED) is 0.769. The summed E-state index contributed by atoms with van der Waals surface area (Å²) in [6.45, 7) is 2.17. The van der Waals surface area contributed by atoms with Crippen LogP contribution in [0.15, 0.2) is 36.4 Å². The van der Waals surface area contributed by atoms with Gasteiger partial charge in [0.2, 0.25) is 0 Å². The first-order chi connectivity index (χ1) is 8.78. The Kier molecular flexibility index (Phi) is 4.33. The lowest BCUT2D eigenvalue weighted by atomic mass is 10.1. The fourth-order valence-corrected chi connectivity index (χ4v) is 1.66. The molecule has 0 aliphatic carbocycles. The Morgan fingerprint density at radius 1 is 1.00 bits per heavy atom. The molecule has 0 saturated carbocycles. The summed E-state index contributed by atoms with van der Waals surface area (Å²) < 4.78 is 0. The third-order valence-corrected chi connectivity index (χ3v) is 2.66. The summed E-state index contributed by atoms with van der Waals surface area (Å²) in [5.74, 6) is 6.01. The molecule has 1 heterocycles. The van der Waals surface area contributed by atoms with Gasteiger partial charge < -0.3 is 0 Å². The molecule has 0 spiro atoms. The van der Waals surface area contributed by atoms with E-state index in [2.05, 4.69) is 41.1 Å². The number of hydrogen-bond donors (Lipinski definition) is 0. The van der Waals surface area contributed by atoms with Crippen molar-refractivity contribution in [2.45, 2.75) is 19.8 Å². The summed E-state index contributed by atoms with van der Waals surface area (Å²) in [7, 11) is 0. The average molecular weight is 257 g/mol. The van der Waals surface area contributed by atoms with Gasteiger partial charge in [-0.3, -0.25) is 0 Å². The van der Waals surface area contributed by atoms with E-state index >= 15 is 0 Å². The molecule has 0 bridgehead atoms. The Morgan fingerprint density at radius 3 is 2.39 bits per heavy atom. The molecule has 18 heavy (non-hydrogen) atoms. The van der Waals surface area contributed by atoms with Crippen molar-refractivity contribution in [3.63, 3.8) is 0 Å². The molecule has 0 radical (unpaired) electrons. The summed E-state index contributed by atoms with van der Waals surface area (Å²) in [6.07, 6.45) is 2.27. The number of aryl methyl sites for hydroxylation is 1. The number of nitrogens with zero attached hydrogens (tertiary/aromatic N) is 2. The van der Waals surface area contributed by atoms with Crippen LogP contribution in [0.2, 0.25) is 5.15 Å². The molecule has 0 aliphatic heterocycles. The van der Waals surface area contributed by atoms with Gasteiger partial charge in [0.15, 0.2) is 5.15 Å². The second kappa shape index (κ2) is 6.18. The number of benzene rings is 1. The summed E-state index contributed by atoms with van der Waals surface area (Å²) in [6, 6.07) is 11.7. The summed E-state index contributed by atoms with van der Waals surface area (Å²) in [4.78, 5) is 0. The Bertz CT molecular complexity index is 562. The molecule has 2 rings (SSSR count). The molecule has 0 saturated heterocycles. The summed E-state index contributed by atoms with van der Waals surface area (Å²) in [5, 5.41) is 8.01. The largest absolute Gasteiger partial charge is 0.151 e. The molecule has 0 atom stereocenters. The lowest BCUT2D eigenvalue weighted by Crippen LogP contribution is -1.86. The molecule has 0 unspecified atom stereocenters. The zero-order valence-corrected chi connectivity index (χ0v) is 10.9. The molecule has 1 aromatic carbocycles. The Morgan fingerprint density at radius 2 is 1.78 bits per heavy atom. The van der Waals surface area contributed by atoms with Gasteiger partial charge in [0.05, 0.1) is 0 Å². The first-order valence-corrected chi connectivity index (χ1v) is 6.26. The highest BCUT2D eigenvalue weighted by Crippen LogP contribution is 2.06. The maximum Gasteiger partial charge on any atom is 0.151 e. The minimum Gasteiger partial charge on any atom is -0.140 e. The second-order valence-electron chi connectivity index (χ2n) is 3.94. The molecule has 3 heteroatoms. The summed E-state index contributed by atoms with van der Waals surface area (Å²) >= 11 is 5.65. The average Bonchev–Trinajstić information content (AvgIpc) is 2.40. The van der Waals surface area contributed by atoms with Gasteiger partial charge in [-0.2, -0.15) is 0 Å². The van der Waals surface area contributed by atoms with Crippen molar-refractivity contribution in [3.05, 3.63) is 58.4 Å². The SMILES string of the molecule is CCCc1ccc(C#Cc2ccc(Cl)nn2)cc1. The van der Waals surface area contributed by atoms with E-state index in [9.17, 15) is 0 Å². The highest BCUT2D eigenvalue weighted by atomic mass is 35.5. The van der Waals surface area contributed by atoms with Crippen molar-refractivity contribution in [2.75, 3.05) is 0 Å². The predicted octanol–water partition coefficient (Wildman–Crippen LogP) is 3.48. The molecule has 1 aromatic heterocycles. The van der Waals surface area contributed by atoms with Crippen LogP contribution in [0.3, 0.4) is 0 Å². The normalized spacial score (nSPS) is 9.67. The van der Waals surface area contributed by atoms with E-state index in [4.69, 9.17) is 11.6 Å². The van der Waals surface area contributed by atoms with Gasteiger partial charge >= 0.3 is 0 Å². The molecule has 0 fully saturated rings. The Balaban J connectivity index is 2.12. The van der Waals surface area contributed by atoms with Crippen molar-refractivity contribution in [2.24, 2.45) is 0 Å². The highest BCUT2D eigenvalue weighted by Gasteiger charge is 1.92. The third-order valence-electron chi connectivity index (χ3n) is 2.46. The fourth-order valence-electron chi connectivity index (χ4n) is 1.56. The van der Waals surface area contributed by atoms with Crippen LogP contribution in [0.4, 0.5) is 0 Å². The predicted molar refractivity (Wildman–Crippen MR) is 73.5 cm³/mol. The van der Waals surface area contributed by atoms with E-state index < -0.39 is 0 Å². The van der Waals surface area contributed by atoms with Gasteiger partial charge in [-0.1, -0.05) is 43.0 Å². The molecule has 2 aromatic rings. The molecular formula is C15H13ClN2. The van der Waals surface area contributed by atoms with Crippen LogP contribution in [0.1, 0.15) is 30.2 Å². The van der Waals surface area contributed by atoms with Crippen LogP contribution in [0, 0.1) is 11.8 Å². The van der Waals surface area contributed by atoms with Gasteiger partial charge in [-0.05, 0) is 42.2 Å². The minimum atomic E-state index is 0.379. The third kappa shape index (κ3) is 3.58. The first-order valence-electron chi connectivity index (χ1n) is 5.88. The first kappa shape index (κ1) is 12.6. The monoisotopic (exact) mass is 256 g/mol. The number of rotatable bonds is 2. The fraction of sp³-hybridized carbons (Fsp3) is 0.200. The van der Waals surface area contributed by atoms with Crippen LogP contribution < -0.4 is 0 Å². The summed E-state index contributed by atoms with van der Waals surface area (Å²) in [5.41, 5.74) is 2.94. The van der Waals surface area contributed by atoms with E-state index in [1.165, 1.54) is 5.56 Å². The van der Waals surface area contributed by atoms with Crippen molar-refractivity contribution in [1.82, 2.24) is 10.2 Å². The van der Waals surface area contributed by atoms with E-state index in [0.29, 0.717) is 10.8 Å². The Hall–Kier alpha value is -1.85. The van der Waals surface area contributed by atoms with Crippen molar-refractivity contribution in [1.29, 1.82) is 0 Å². The van der Waals surface area contributed by atoms with E-state index in [1.807, 2.05) is 12.1 Å². The molecule has 0 N–H and O–H groups in total. The molecular weight excluding hydrogens is 244 g/mol. The van der Waals surface area contributed by atoms with E-state index in [0.717, 1.165) is 18.4 Å². The van der Waals surface area contributed by atoms with Gasteiger partial charge in [0, 0.05) is 5.56 Å². The number of halogens is 1. The molecule has 0 aliphatic rings. The minimum absolute atomic E-state index is 0.379. The smallest absolute Gasteiger partial charge is 0.140 e.